The van der Waals surface area contributed by atoms with Gasteiger partial charge < -0.3 is 15.1 Å². The fourth-order valence-corrected chi connectivity index (χ4v) is 7.42. The lowest BCUT2D eigenvalue weighted by molar-refractivity contribution is -0.146. The van der Waals surface area contributed by atoms with Crippen LogP contribution in [0.3, 0.4) is 0 Å². The zero-order chi connectivity index (χ0) is 20.7. The van der Waals surface area contributed by atoms with Gasteiger partial charge in [-0.1, -0.05) is 6.07 Å². The molecule has 0 radical (unpaired) electrons. The van der Waals surface area contributed by atoms with Crippen molar-refractivity contribution in [2.45, 2.75) is 44.9 Å². The lowest BCUT2D eigenvalue weighted by Crippen LogP contribution is -2.54. The third-order valence-electron chi connectivity index (χ3n) is 7.80. The summed E-state index contributed by atoms with van der Waals surface area (Å²) in [5, 5.41) is 5.01. The number of nitrogens with zero attached hydrogens (tertiary/aromatic N) is 2. The summed E-state index contributed by atoms with van der Waals surface area (Å²) in [4.78, 5) is 42.4. The lowest BCUT2D eigenvalue weighted by atomic mass is 9.49. The van der Waals surface area contributed by atoms with Crippen molar-refractivity contribution in [1.29, 1.82) is 0 Å². The summed E-state index contributed by atoms with van der Waals surface area (Å²) < 4.78 is 0. The summed E-state index contributed by atoms with van der Waals surface area (Å²) in [6.45, 7) is 2.70. The molecule has 6 nitrogen and oxygen atoms in total. The van der Waals surface area contributed by atoms with E-state index in [4.69, 9.17) is 0 Å². The van der Waals surface area contributed by atoms with E-state index in [0.717, 1.165) is 41.9 Å². The Morgan fingerprint density at radius 2 is 1.57 bits per heavy atom. The van der Waals surface area contributed by atoms with Gasteiger partial charge in [-0.2, -0.15) is 0 Å². The molecule has 5 fully saturated rings. The highest BCUT2D eigenvalue weighted by Crippen LogP contribution is 2.60. The highest BCUT2D eigenvalue weighted by Gasteiger charge is 2.54. The van der Waals surface area contributed by atoms with Crippen molar-refractivity contribution in [2.24, 2.45) is 23.2 Å². The Labute approximate surface area is 182 Å². The Morgan fingerprint density at radius 1 is 0.967 bits per heavy atom. The molecule has 0 atom stereocenters. The fourth-order valence-electron chi connectivity index (χ4n) is 6.73. The minimum absolute atomic E-state index is 0.0555. The molecule has 1 N–H and O–H groups in total. The molecule has 1 aromatic heterocycles. The SMILES string of the molecule is O=C(CCNC(=O)C12CC3CC(CC(C3)C1)C2)N1CCN(C(=O)c2cccs2)CC1. The van der Waals surface area contributed by atoms with Gasteiger partial charge in [-0.15, -0.1) is 11.3 Å². The smallest absolute Gasteiger partial charge is 0.264 e. The average molecular weight is 430 g/mol. The lowest BCUT2D eigenvalue weighted by Gasteiger charge is -2.55. The zero-order valence-electron chi connectivity index (χ0n) is 17.5. The van der Waals surface area contributed by atoms with Gasteiger partial charge >= 0.3 is 0 Å². The third kappa shape index (κ3) is 3.77. The zero-order valence-corrected chi connectivity index (χ0v) is 18.3. The van der Waals surface area contributed by atoms with Crippen molar-refractivity contribution in [3.05, 3.63) is 22.4 Å². The van der Waals surface area contributed by atoms with E-state index in [1.165, 1.54) is 30.6 Å². The van der Waals surface area contributed by atoms with Crippen molar-refractivity contribution < 1.29 is 14.4 Å². The first-order valence-corrected chi connectivity index (χ1v) is 12.3. The molecule has 4 aliphatic carbocycles. The summed E-state index contributed by atoms with van der Waals surface area (Å²) in [7, 11) is 0. The van der Waals surface area contributed by atoms with Crippen LogP contribution in [-0.2, 0) is 9.59 Å². The Balaban J connectivity index is 1.07. The molecular formula is C23H31N3O3S. The van der Waals surface area contributed by atoms with Crippen LogP contribution in [0.4, 0.5) is 0 Å². The molecule has 2 heterocycles. The first-order valence-electron chi connectivity index (χ1n) is 11.4. The molecule has 3 amide bonds. The number of hydrogen-bond acceptors (Lipinski definition) is 4. The molecule has 1 saturated heterocycles. The average Bonchev–Trinajstić information content (AvgIpc) is 3.27. The van der Waals surface area contributed by atoms with Crippen LogP contribution in [0.5, 0.6) is 0 Å². The monoisotopic (exact) mass is 429 g/mol. The minimum Gasteiger partial charge on any atom is -0.355 e. The van der Waals surface area contributed by atoms with Crippen molar-refractivity contribution >= 4 is 29.1 Å². The molecule has 7 heteroatoms. The van der Waals surface area contributed by atoms with Crippen LogP contribution in [0.1, 0.15) is 54.6 Å². The van der Waals surface area contributed by atoms with Gasteiger partial charge in [0.15, 0.2) is 0 Å². The maximum absolute atomic E-state index is 13.0. The van der Waals surface area contributed by atoms with E-state index >= 15 is 0 Å². The number of rotatable bonds is 5. The topological polar surface area (TPSA) is 69.7 Å². The van der Waals surface area contributed by atoms with Gasteiger partial charge in [0.2, 0.25) is 11.8 Å². The summed E-state index contributed by atoms with van der Waals surface area (Å²) in [6.07, 6.45) is 7.48. The molecule has 4 saturated carbocycles. The van der Waals surface area contributed by atoms with Crippen molar-refractivity contribution in [1.82, 2.24) is 15.1 Å². The van der Waals surface area contributed by atoms with Crippen LogP contribution in [0.25, 0.3) is 0 Å². The highest BCUT2D eigenvalue weighted by atomic mass is 32.1. The second-order valence-corrected chi connectivity index (χ2v) is 10.8. The van der Waals surface area contributed by atoms with Crippen LogP contribution in [-0.4, -0.2) is 60.2 Å². The second kappa shape index (κ2) is 7.98. The largest absolute Gasteiger partial charge is 0.355 e. The van der Waals surface area contributed by atoms with Gasteiger partial charge in [0.05, 0.1) is 4.88 Å². The minimum atomic E-state index is -0.147. The predicted octanol–water partition coefficient (Wildman–Crippen LogP) is 2.76. The van der Waals surface area contributed by atoms with E-state index in [0.29, 0.717) is 39.1 Å². The van der Waals surface area contributed by atoms with Crippen LogP contribution in [0, 0.1) is 23.2 Å². The first kappa shape index (κ1) is 20.0. The summed E-state index contributed by atoms with van der Waals surface area (Å²) in [6, 6.07) is 3.73. The van der Waals surface area contributed by atoms with Crippen molar-refractivity contribution in [2.75, 3.05) is 32.7 Å². The molecule has 1 aliphatic heterocycles. The third-order valence-corrected chi connectivity index (χ3v) is 8.65. The quantitative estimate of drug-likeness (QED) is 0.783. The first-order chi connectivity index (χ1) is 14.5. The number of carbonyl (C=O) groups excluding carboxylic acids is 3. The highest BCUT2D eigenvalue weighted by molar-refractivity contribution is 7.12. The van der Waals surface area contributed by atoms with Crippen LogP contribution in [0.15, 0.2) is 17.5 Å². The van der Waals surface area contributed by atoms with E-state index < -0.39 is 0 Å². The number of hydrogen-bond donors (Lipinski definition) is 1. The van der Waals surface area contributed by atoms with Gasteiger partial charge in [-0.05, 0) is 67.7 Å². The van der Waals surface area contributed by atoms with Gasteiger partial charge in [-0.3, -0.25) is 14.4 Å². The standard InChI is InChI=1S/C23H31N3O3S/c27-20(25-5-7-26(8-6-25)21(28)19-2-1-9-30-19)3-4-24-22(29)23-13-16-10-17(14-23)12-18(11-16)15-23/h1-2,9,16-18H,3-8,10-15H2,(H,24,29). The van der Waals surface area contributed by atoms with Gasteiger partial charge in [0.1, 0.15) is 0 Å². The number of carbonyl (C=O) groups is 3. The van der Waals surface area contributed by atoms with E-state index in [-0.39, 0.29) is 23.1 Å². The fraction of sp³-hybridized carbons (Fsp3) is 0.696. The van der Waals surface area contributed by atoms with Crippen LogP contribution < -0.4 is 5.32 Å². The van der Waals surface area contributed by atoms with Crippen LogP contribution in [0.2, 0.25) is 0 Å². The number of nitrogens with one attached hydrogen (secondary N) is 1. The molecule has 162 valence electrons. The van der Waals surface area contributed by atoms with E-state index in [1.807, 2.05) is 27.3 Å². The molecule has 30 heavy (non-hydrogen) atoms. The Bertz CT molecular complexity index is 778. The predicted molar refractivity (Wildman–Crippen MR) is 115 cm³/mol. The molecule has 4 bridgehead atoms. The van der Waals surface area contributed by atoms with Crippen molar-refractivity contribution in [3.63, 3.8) is 0 Å². The molecule has 1 aromatic rings. The molecule has 6 rings (SSSR count). The van der Waals surface area contributed by atoms with Gasteiger partial charge in [0, 0.05) is 44.6 Å². The number of amides is 3. The summed E-state index contributed by atoms with van der Waals surface area (Å²) in [5.74, 6) is 2.56. The van der Waals surface area contributed by atoms with Gasteiger partial charge in [0.25, 0.3) is 5.91 Å². The Morgan fingerprint density at radius 3 is 2.13 bits per heavy atom. The van der Waals surface area contributed by atoms with E-state index in [9.17, 15) is 14.4 Å². The molecule has 0 aromatic carbocycles. The Kier molecular flexibility index (Phi) is 5.33. The molecule has 0 unspecified atom stereocenters. The molecule has 0 spiro atoms. The summed E-state index contributed by atoms with van der Waals surface area (Å²) in [5.41, 5.74) is -0.147. The number of piperazine rings is 1. The summed E-state index contributed by atoms with van der Waals surface area (Å²) >= 11 is 1.45. The number of thiophene rings is 1. The maximum Gasteiger partial charge on any atom is 0.264 e. The normalized spacial score (nSPS) is 32.3. The molecular weight excluding hydrogens is 398 g/mol. The van der Waals surface area contributed by atoms with E-state index in [2.05, 4.69) is 5.32 Å². The van der Waals surface area contributed by atoms with Crippen LogP contribution >= 0.6 is 11.3 Å². The molecule has 5 aliphatic rings. The van der Waals surface area contributed by atoms with E-state index in [1.54, 1.807) is 0 Å². The van der Waals surface area contributed by atoms with Gasteiger partial charge in [-0.25, -0.2) is 0 Å². The van der Waals surface area contributed by atoms with Crippen molar-refractivity contribution in [3.8, 4) is 0 Å². The second-order valence-electron chi connectivity index (χ2n) is 9.85. The Hall–Kier alpha value is -1.89. The maximum atomic E-state index is 13.0.